The largest absolute Gasteiger partial charge is 0.548 e. The molecule has 0 bridgehead atoms. The second-order valence-corrected chi connectivity index (χ2v) is 2.02. The fourth-order valence-electron chi connectivity index (χ4n) is 0.800. The van der Waals surface area contributed by atoms with E-state index in [1.807, 2.05) is 6.08 Å². The van der Waals surface area contributed by atoms with Gasteiger partial charge in [-0.2, -0.15) is 0 Å². The van der Waals surface area contributed by atoms with Gasteiger partial charge in [0.15, 0.2) is 0 Å². The Balaban J connectivity index is 2.44. The van der Waals surface area contributed by atoms with E-state index < -0.39 is 12.0 Å². The first-order chi connectivity index (χ1) is 4.30. The Morgan fingerprint density at radius 2 is 2.56 bits per heavy atom. The summed E-state index contributed by atoms with van der Waals surface area (Å²) in [5.74, 6) is -1.01. The van der Waals surface area contributed by atoms with Crippen LogP contribution >= 0.6 is 0 Å². The van der Waals surface area contributed by atoms with Crippen LogP contribution in [-0.4, -0.2) is 12.0 Å². The van der Waals surface area contributed by atoms with Crippen LogP contribution in [0.4, 0.5) is 0 Å². The zero-order valence-corrected chi connectivity index (χ0v) is 4.96. The summed E-state index contributed by atoms with van der Waals surface area (Å²) in [6.07, 6.45) is 5.02. The maximum atomic E-state index is 10.1. The summed E-state index contributed by atoms with van der Waals surface area (Å²) in [5.41, 5.74) is 0. The summed E-state index contributed by atoms with van der Waals surface area (Å²) in [6.45, 7) is 0. The van der Waals surface area contributed by atoms with Gasteiger partial charge in [-0.1, -0.05) is 6.08 Å². The third kappa shape index (κ3) is 1.45. The summed E-state index contributed by atoms with van der Waals surface area (Å²) < 4.78 is 0. The third-order valence-corrected chi connectivity index (χ3v) is 1.32. The lowest BCUT2D eigenvalue weighted by Crippen LogP contribution is -2.44. The van der Waals surface area contributed by atoms with E-state index in [0.29, 0.717) is 6.42 Å². The van der Waals surface area contributed by atoms with Crippen molar-refractivity contribution in [3.05, 3.63) is 12.3 Å². The van der Waals surface area contributed by atoms with Crippen LogP contribution in [0.3, 0.4) is 0 Å². The number of hydrogen-bond donors (Lipinski definition) is 1. The SMILES string of the molecule is O=C([O-])C1CCC=CN1. The minimum absolute atomic E-state index is 0.477. The van der Waals surface area contributed by atoms with Gasteiger partial charge in [-0.3, -0.25) is 0 Å². The van der Waals surface area contributed by atoms with Crippen LogP contribution in [0.25, 0.3) is 0 Å². The van der Waals surface area contributed by atoms with Crippen molar-refractivity contribution in [1.29, 1.82) is 0 Å². The van der Waals surface area contributed by atoms with E-state index in [-0.39, 0.29) is 0 Å². The smallest absolute Gasteiger partial charge is 0.0656 e. The Bertz CT molecular complexity index is 142. The van der Waals surface area contributed by atoms with E-state index in [1.165, 1.54) is 0 Å². The zero-order chi connectivity index (χ0) is 6.69. The molecule has 0 saturated carbocycles. The number of nitrogens with one attached hydrogen (secondary N) is 1. The van der Waals surface area contributed by atoms with Crippen molar-refractivity contribution in [1.82, 2.24) is 5.32 Å². The first kappa shape index (κ1) is 6.13. The lowest BCUT2D eigenvalue weighted by molar-refractivity contribution is -0.308. The van der Waals surface area contributed by atoms with Crippen molar-refractivity contribution < 1.29 is 9.90 Å². The van der Waals surface area contributed by atoms with Gasteiger partial charge in [0.1, 0.15) is 0 Å². The van der Waals surface area contributed by atoms with E-state index in [1.54, 1.807) is 6.20 Å². The molecule has 0 spiro atoms. The van der Waals surface area contributed by atoms with Crippen molar-refractivity contribution >= 4 is 5.97 Å². The van der Waals surface area contributed by atoms with E-state index in [2.05, 4.69) is 5.32 Å². The number of carbonyl (C=O) groups is 1. The molecule has 1 aliphatic heterocycles. The lowest BCUT2D eigenvalue weighted by Gasteiger charge is -2.20. The first-order valence-corrected chi connectivity index (χ1v) is 2.92. The van der Waals surface area contributed by atoms with E-state index in [0.717, 1.165) is 6.42 Å². The highest BCUT2D eigenvalue weighted by atomic mass is 16.4. The summed E-state index contributed by atoms with van der Waals surface area (Å²) in [7, 11) is 0. The maximum Gasteiger partial charge on any atom is 0.0656 e. The van der Waals surface area contributed by atoms with Gasteiger partial charge in [0.05, 0.1) is 12.0 Å². The lowest BCUT2D eigenvalue weighted by atomic mass is 10.1. The Morgan fingerprint density at radius 1 is 1.78 bits per heavy atom. The van der Waals surface area contributed by atoms with Crippen molar-refractivity contribution in [2.75, 3.05) is 0 Å². The Hall–Kier alpha value is -0.990. The molecule has 0 aromatic carbocycles. The predicted molar refractivity (Wildman–Crippen MR) is 30.3 cm³/mol. The minimum Gasteiger partial charge on any atom is -0.548 e. The summed E-state index contributed by atoms with van der Waals surface area (Å²) in [4.78, 5) is 10.1. The van der Waals surface area contributed by atoms with Crippen LogP contribution in [0, 0.1) is 0 Å². The van der Waals surface area contributed by atoms with Crippen molar-refractivity contribution in [3.8, 4) is 0 Å². The Morgan fingerprint density at radius 3 is 2.89 bits per heavy atom. The average molecular weight is 126 g/mol. The van der Waals surface area contributed by atoms with Gasteiger partial charge in [0, 0.05) is 0 Å². The monoisotopic (exact) mass is 126 g/mol. The van der Waals surface area contributed by atoms with Gasteiger partial charge in [-0.15, -0.1) is 0 Å². The molecule has 50 valence electrons. The zero-order valence-electron chi connectivity index (χ0n) is 4.96. The van der Waals surface area contributed by atoms with Crippen molar-refractivity contribution in [2.45, 2.75) is 18.9 Å². The second-order valence-electron chi connectivity index (χ2n) is 2.02. The van der Waals surface area contributed by atoms with E-state index in [4.69, 9.17) is 0 Å². The molecule has 9 heavy (non-hydrogen) atoms. The average Bonchev–Trinajstić information content (AvgIpc) is 1.90. The predicted octanol–water partition coefficient (Wildman–Crippen LogP) is -0.998. The molecule has 0 aliphatic carbocycles. The summed E-state index contributed by atoms with van der Waals surface area (Å²) in [6, 6.07) is -0.477. The van der Waals surface area contributed by atoms with Crippen LogP contribution in [0.1, 0.15) is 12.8 Å². The van der Waals surface area contributed by atoms with Crippen molar-refractivity contribution in [2.24, 2.45) is 0 Å². The number of carbonyl (C=O) groups excluding carboxylic acids is 1. The molecule has 0 amide bonds. The number of carboxylic acid groups (broad SMARTS) is 1. The number of rotatable bonds is 1. The quantitative estimate of drug-likeness (QED) is 0.490. The van der Waals surface area contributed by atoms with Crippen molar-refractivity contribution in [3.63, 3.8) is 0 Å². The number of carboxylic acids is 1. The van der Waals surface area contributed by atoms with E-state index >= 15 is 0 Å². The molecule has 1 rings (SSSR count). The molecule has 1 N–H and O–H groups in total. The van der Waals surface area contributed by atoms with Crippen LogP contribution in [0.2, 0.25) is 0 Å². The normalized spacial score (nSPS) is 25.1. The standard InChI is InChI=1S/C6H9NO2/c8-6(9)5-3-1-2-4-7-5/h2,4-5,7H,1,3H2,(H,8,9)/p-1. The Labute approximate surface area is 53.4 Å². The van der Waals surface area contributed by atoms with Gasteiger partial charge in [0.2, 0.25) is 0 Å². The molecule has 0 saturated heterocycles. The fraction of sp³-hybridized carbons (Fsp3) is 0.500. The minimum atomic E-state index is -1.01. The summed E-state index contributed by atoms with van der Waals surface area (Å²) in [5, 5.41) is 12.8. The molecule has 3 heteroatoms. The van der Waals surface area contributed by atoms with E-state index in [9.17, 15) is 9.90 Å². The summed E-state index contributed by atoms with van der Waals surface area (Å²) >= 11 is 0. The van der Waals surface area contributed by atoms with Crippen LogP contribution in [0.15, 0.2) is 12.3 Å². The number of aliphatic carboxylic acids is 1. The number of hydrogen-bond acceptors (Lipinski definition) is 3. The highest BCUT2D eigenvalue weighted by Gasteiger charge is 2.07. The van der Waals surface area contributed by atoms with Gasteiger partial charge in [-0.05, 0) is 19.0 Å². The molecule has 3 nitrogen and oxygen atoms in total. The first-order valence-electron chi connectivity index (χ1n) is 2.92. The fourth-order valence-corrected chi connectivity index (χ4v) is 0.800. The topological polar surface area (TPSA) is 52.2 Å². The highest BCUT2D eigenvalue weighted by molar-refractivity contribution is 5.71. The molecule has 1 aliphatic rings. The van der Waals surface area contributed by atoms with Gasteiger partial charge in [-0.25, -0.2) is 0 Å². The molecule has 1 unspecified atom stereocenters. The molecular weight excluding hydrogens is 118 g/mol. The molecule has 0 aromatic heterocycles. The second kappa shape index (κ2) is 2.53. The number of allylic oxidation sites excluding steroid dienone is 1. The molecule has 1 heterocycles. The molecule has 1 atom stereocenters. The maximum absolute atomic E-state index is 10.1. The van der Waals surface area contributed by atoms with Gasteiger partial charge in [0.25, 0.3) is 0 Å². The van der Waals surface area contributed by atoms with Gasteiger partial charge >= 0.3 is 0 Å². The Kier molecular flexibility index (Phi) is 1.72. The van der Waals surface area contributed by atoms with Gasteiger partial charge < -0.3 is 15.2 Å². The molecular formula is C6H8NO2-. The van der Waals surface area contributed by atoms with Crippen LogP contribution in [0.5, 0.6) is 0 Å². The third-order valence-electron chi connectivity index (χ3n) is 1.32. The molecule has 0 aromatic rings. The van der Waals surface area contributed by atoms with Crippen LogP contribution < -0.4 is 10.4 Å². The highest BCUT2D eigenvalue weighted by Crippen LogP contribution is 2.01. The van der Waals surface area contributed by atoms with Crippen LogP contribution in [-0.2, 0) is 4.79 Å². The molecule has 0 fully saturated rings. The molecule has 0 radical (unpaired) electrons.